The minimum absolute atomic E-state index is 0.0808. The van der Waals surface area contributed by atoms with Gasteiger partial charge in [-0.05, 0) is 25.7 Å². The SMILES string of the molecule is O=C(CCN1C(=O)C2CCCCC2C1=O)Nc1nc(C2CC2)cs1. The summed E-state index contributed by atoms with van der Waals surface area (Å²) in [6.45, 7) is 0.178. The second kappa shape index (κ2) is 6.27. The Balaban J connectivity index is 1.31. The Morgan fingerprint density at radius 3 is 2.46 bits per heavy atom. The van der Waals surface area contributed by atoms with E-state index < -0.39 is 0 Å². The number of fused-ring (bicyclic) bond motifs is 1. The van der Waals surface area contributed by atoms with Crippen molar-refractivity contribution in [2.24, 2.45) is 11.8 Å². The topological polar surface area (TPSA) is 79.4 Å². The summed E-state index contributed by atoms with van der Waals surface area (Å²) >= 11 is 1.43. The number of anilines is 1. The molecule has 1 aromatic heterocycles. The Hall–Kier alpha value is -1.76. The highest BCUT2D eigenvalue weighted by Gasteiger charge is 2.47. The van der Waals surface area contributed by atoms with E-state index in [-0.39, 0.29) is 42.5 Å². The molecule has 1 saturated heterocycles. The molecule has 2 atom stereocenters. The summed E-state index contributed by atoms with van der Waals surface area (Å²) in [4.78, 5) is 42.6. The molecule has 7 heteroatoms. The van der Waals surface area contributed by atoms with Gasteiger partial charge in [0.05, 0.1) is 17.5 Å². The van der Waals surface area contributed by atoms with E-state index in [9.17, 15) is 14.4 Å². The lowest BCUT2D eigenvalue weighted by Gasteiger charge is -2.19. The number of nitrogens with zero attached hydrogens (tertiary/aromatic N) is 2. The highest BCUT2D eigenvalue weighted by atomic mass is 32.1. The largest absolute Gasteiger partial charge is 0.302 e. The molecule has 1 aromatic rings. The van der Waals surface area contributed by atoms with Gasteiger partial charge in [0.25, 0.3) is 0 Å². The molecule has 2 heterocycles. The van der Waals surface area contributed by atoms with Gasteiger partial charge in [-0.3, -0.25) is 19.3 Å². The number of hydrogen-bond acceptors (Lipinski definition) is 5. The van der Waals surface area contributed by atoms with Crippen LogP contribution in [0, 0.1) is 11.8 Å². The van der Waals surface area contributed by atoms with E-state index >= 15 is 0 Å². The van der Waals surface area contributed by atoms with Crippen molar-refractivity contribution in [2.75, 3.05) is 11.9 Å². The maximum atomic E-state index is 12.4. The molecule has 0 radical (unpaired) electrons. The van der Waals surface area contributed by atoms with Crippen molar-refractivity contribution in [2.45, 2.75) is 50.9 Å². The molecule has 0 spiro atoms. The van der Waals surface area contributed by atoms with E-state index in [1.807, 2.05) is 5.38 Å². The van der Waals surface area contributed by atoms with Crippen LogP contribution in [0.1, 0.15) is 56.6 Å². The third-order valence-electron chi connectivity index (χ3n) is 5.26. The summed E-state index contributed by atoms with van der Waals surface area (Å²) in [5.74, 6) is -0.0773. The molecule has 3 fully saturated rings. The third kappa shape index (κ3) is 2.97. The first-order chi connectivity index (χ1) is 11.6. The standard InChI is InChI=1S/C17H21N3O3S/c21-14(19-17-18-13(9-24-17)10-5-6-10)7-8-20-15(22)11-3-1-2-4-12(11)16(20)23/h9-12H,1-8H2,(H,18,19,21). The number of rotatable bonds is 5. The number of thiazole rings is 1. The fraction of sp³-hybridized carbons (Fsp3) is 0.647. The molecule has 4 rings (SSSR count). The lowest BCUT2D eigenvalue weighted by Crippen LogP contribution is -2.34. The molecule has 1 aliphatic heterocycles. The first kappa shape index (κ1) is 15.7. The van der Waals surface area contributed by atoms with Gasteiger partial charge in [0.2, 0.25) is 17.7 Å². The Bertz CT molecular complexity index is 658. The van der Waals surface area contributed by atoms with Crippen LogP contribution >= 0.6 is 11.3 Å². The van der Waals surface area contributed by atoms with Crippen molar-refractivity contribution in [1.82, 2.24) is 9.88 Å². The van der Waals surface area contributed by atoms with E-state index in [0.717, 1.165) is 31.4 Å². The molecule has 0 aromatic carbocycles. The number of nitrogens with one attached hydrogen (secondary N) is 1. The van der Waals surface area contributed by atoms with Crippen LogP contribution in [0.3, 0.4) is 0 Å². The summed E-state index contributed by atoms with van der Waals surface area (Å²) in [5, 5.41) is 5.38. The summed E-state index contributed by atoms with van der Waals surface area (Å²) in [6, 6.07) is 0. The van der Waals surface area contributed by atoms with Crippen LogP contribution in [0.5, 0.6) is 0 Å². The van der Waals surface area contributed by atoms with Crippen LogP contribution < -0.4 is 5.32 Å². The minimum Gasteiger partial charge on any atom is -0.302 e. The Kier molecular flexibility index (Phi) is 4.12. The number of aromatic nitrogens is 1. The van der Waals surface area contributed by atoms with Crippen LogP contribution in [0.2, 0.25) is 0 Å². The second-order valence-electron chi connectivity index (χ2n) is 6.98. The number of carbonyl (C=O) groups excluding carboxylic acids is 3. The van der Waals surface area contributed by atoms with E-state index in [4.69, 9.17) is 0 Å². The van der Waals surface area contributed by atoms with Crippen molar-refractivity contribution >= 4 is 34.2 Å². The zero-order valence-electron chi connectivity index (χ0n) is 13.5. The van der Waals surface area contributed by atoms with E-state index in [0.29, 0.717) is 11.0 Å². The molecule has 3 amide bonds. The molecular weight excluding hydrogens is 326 g/mol. The van der Waals surface area contributed by atoms with Gasteiger partial charge >= 0.3 is 0 Å². The van der Waals surface area contributed by atoms with Gasteiger partial charge in [-0.2, -0.15) is 0 Å². The molecule has 0 bridgehead atoms. The molecule has 3 aliphatic rings. The maximum Gasteiger partial charge on any atom is 0.233 e. The molecule has 1 N–H and O–H groups in total. The summed E-state index contributed by atoms with van der Waals surface area (Å²) in [5.41, 5.74) is 1.06. The number of carbonyl (C=O) groups is 3. The summed E-state index contributed by atoms with van der Waals surface area (Å²) in [7, 11) is 0. The zero-order chi connectivity index (χ0) is 16.7. The fourth-order valence-corrected chi connectivity index (χ4v) is 4.57. The highest BCUT2D eigenvalue weighted by Crippen LogP contribution is 2.41. The Labute approximate surface area is 144 Å². The van der Waals surface area contributed by atoms with Crippen molar-refractivity contribution < 1.29 is 14.4 Å². The van der Waals surface area contributed by atoms with Gasteiger partial charge in [-0.1, -0.05) is 12.8 Å². The summed E-state index contributed by atoms with van der Waals surface area (Å²) in [6.07, 6.45) is 6.14. The molecule has 2 saturated carbocycles. The van der Waals surface area contributed by atoms with Crippen LogP contribution in [0.15, 0.2) is 5.38 Å². The average Bonchev–Trinajstić information content (AvgIpc) is 3.29. The van der Waals surface area contributed by atoms with Crippen LogP contribution in [-0.2, 0) is 14.4 Å². The average molecular weight is 347 g/mol. The van der Waals surface area contributed by atoms with Crippen molar-refractivity contribution in [3.05, 3.63) is 11.1 Å². The predicted molar refractivity (Wildman–Crippen MR) is 89.5 cm³/mol. The zero-order valence-corrected chi connectivity index (χ0v) is 14.3. The number of hydrogen-bond donors (Lipinski definition) is 1. The summed E-state index contributed by atoms with van der Waals surface area (Å²) < 4.78 is 0. The number of imide groups is 1. The Morgan fingerprint density at radius 2 is 1.83 bits per heavy atom. The van der Waals surface area contributed by atoms with Gasteiger partial charge in [-0.15, -0.1) is 11.3 Å². The first-order valence-corrected chi connectivity index (χ1v) is 9.62. The van der Waals surface area contributed by atoms with Gasteiger partial charge in [-0.25, -0.2) is 4.98 Å². The molecule has 128 valence electrons. The number of amides is 3. The van der Waals surface area contributed by atoms with E-state index in [1.54, 1.807) is 0 Å². The maximum absolute atomic E-state index is 12.4. The quantitative estimate of drug-likeness (QED) is 0.830. The predicted octanol–water partition coefficient (Wildman–Crippen LogP) is 2.52. The minimum atomic E-state index is -0.192. The van der Waals surface area contributed by atoms with Crippen molar-refractivity contribution in [1.29, 1.82) is 0 Å². The van der Waals surface area contributed by atoms with E-state index in [1.165, 1.54) is 29.1 Å². The molecule has 2 unspecified atom stereocenters. The second-order valence-corrected chi connectivity index (χ2v) is 7.83. The molecule has 2 aliphatic carbocycles. The van der Waals surface area contributed by atoms with E-state index in [2.05, 4.69) is 10.3 Å². The Morgan fingerprint density at radius 1 is 1.17 bits per heavy atom. The van der Waals surface area contributed by atoms with Crippen LogP contribution in [0.25, 0.3) is 0 Å². The normalized spacial score (nSPS) is 26.6. The van der Waals surface area contributed by atoms with Gasteiger partial charge in [0.1, 0.15) is 0 Å². The fourth-order valence-electron chi connectivity index (χ4n) is 3.76. The van der Waals surface area contributed by atoms with Gasteiger partial charge in [0, 0.05) is 24.3 Å². The van der Waals surface area contributed by atoms with Crippen LogP contribution in [0.4, 0.5) is 5.13 Å². The van der Waals surface area contributed by atoms with Gasteiger partial charge in [0.15, 0.2) is 5.13 Å². The molecule has 6 nitrogen and oxygen atoms in total. The lowest BCUT2D eigenvalue weighted by atomic mass is 9.81. The third-order valence-corrected chi connectivity index (χ3v) is 6.03. The van der Waals surface area contributed by atoms with Gasteiger partial charge < -0.3 is 5.32 Å². The van der Waals surface area contributed by atoms with Crippen LogP contribution in [-0.4, -0.2) is 34.2 Å². The lowest BCUT2D eigenvalue weighted by molar-refractivity contribution is -0.140. The molecular formula is C17H21N3O3S. The van der Waals surface area contributed by atoms with Crippen molar-refractivity contribution in [3.8, 4) is 0 Å². The molecule has 24 heavy (non-hydrogen) atoms. The highest BCUT2D eigenvalue weighted by molar-refractivity contribution is 7.13. The van der Waals surface area contributed by atoms with Crippen molar-refractivity contribution in [3.63, 3.8) is 0 Å². The smallest absolute Gasteiger partial charge is 0.233 e. The first-order valence-electron chi connectivity index (χ1n) is 8.74. The monoisotopic (exact) mass is 347 g/mol. The number of likely N-dealkylation sites (tertiary alicyclic amines) is 1.